The maximum atomic E-state index is 14.1. The molecule has 9 heteroatoms. The van der Waals surface area contributed by atoms with Gasteiger partial charge in [-0.1, -0.05) is 19.4 Å². The molecule has 176 valence electrons. The Morgan fingerprint density at radius 3 is 2.49 bits per heavy atom. The van der Waals surface area contributed by atoms with E-state index < -0.39 is 11.6 Å². The molecule has 35 heavy (non-hydrogen) atoms. The van der Waals surface area contributed by atoms with Crippen LogP contribution in [0.1, 0.15) is 25.5 Å². The number of fused-ring (bicyclic) bond motifs is 1. The van der Waals surface area contributed by atoms with Gasteiger partial charge in [0.25, 0.3) is 0 Å². The van der Waals surface area contributed by atoms with Crippen LogP contribution in [0.3, 0.4) is 0 Å². The van der Waals surface area contributed by atoms with Crippen molar-refractivity contribution in [3.8, 4) is 39.8 Å². The molecule has 2 aliphatic rings. The molecular formula is C26H22F2N6O. The van der Waals surface area contributed by atoms with Crippen molar-refractivity contribution in [1.82, 2.24) is 29.9 Å². The molecule has 0 aliphatic carbocycles. The smallest absolute Gasteiger partial charge is 0.169 e. The number of hydrogen-bond acceptors (Lipinski definition) is 6. The van der Waals surface area contributed by atoms with Gasteiger partial charge < -0.3 is 4.74 Å². The van der Waals surface area contributed by atoms with E-state index in [0.29, 0.717) is 30.2 Å². The summed E-state index contributed by atoms with van der Waals surface area (Å²) in [5.41, 5.74) is 3.43. The van der Waals surface area contributed by atoms with E-state index in [1.54, 1.807) is 10.9 Å². The van der Waals surface area contributed by atoms with Gasteiger partial charge in [0.2, 0.25) is 0 Å². The maximum Gasteiger partial charge on any atom is 0.169 e. The largest absolute Gasteiger partial charge is 0.494 e. The highest BCUT2D eigenvalue weighted by Crippen LogP contribution is 2.27. The van der Waals surface area contributed by atoms with Crippen molar-refractivity contribution in [3.63, 3.8) is 0 Å². The zero-order valence-corrected chi connectivity index (χ0v) is 19.0. The van der Waals surface area contributed by atoms with Crippen LogP contribution in [0.15, 0.2) is 67.0 Å². The van der Waals surface area contributed by atoms with Crippen LogP contribution < -0.4 is 4.74 Å². The topological polar surface area (TPSA) is 78.6 Å². The zero-order chi connectivity index (χ0) is 24.2. The number of hydrogen-bond donors (Lipinski definition) is 0. The van der Waals surface area contributed by atoms with E-state index in [1.165, 1.54) is 18.3 Å². The average Bonchev–Trinajstić information content (AvgIpc) is 3.30. The predicted octanol–water partition coefficient (Wildman–Crippen LogP) is 5.41. The summed E-state index contributed by atoms with van der Waals surface area (Å²) in [4.78, 5) is 8.62. The van der Waals surface area contributed by atoms with Crippen molar-refractivity contribution in [2.45, 2.75) is 26.3 Å². The summed E-state index contributed by atoms with van der Waals surface area (Å²) in [6.45, 7) is 3.20. The van der Waals surface area contributed by atoms with Gasteiger partial charge in [0.05, 0.1) is 42.5 Å². The van der Waals surface area contributed by atoms with Crippen LogP contribution in [-0.4, -0.2) is 36.6 Å². The number of rotatable bonds is 8. The monoisotopic (exact) mass is 472 g/mol. The van der Waals surface area contributed by atoms with Crippen molar-refractivity contribution >= 4 is 0 Å². The first-order chi connectivity index (χ1) is 17.1. The number of benzene rings is 2. The standard InChI is InChI=1S/C26H22F2N6O/c1-2-3-13-35-19-10-7-17(8-11-19)22-12-9-18(32-33-22)15-34-16-24-23(14-29-34)30-26(31-24)20-5-4-6-21(27)25(20)28/h4-12,14,16H,2-3,13,15H2,1H3. The van der Waals surface area contributed by atoms with Gasteiger partial charge in [-0.3, -0.25) is 4.68 Å². The van der Waals surface area contributed by atoms with Crippen LogP contribution >= 0.6 is 0 Å². The Labute approximate surface area is 200 Å². The summed E-state index contributed by atoms with van der Waals surface area (Å²) < 4.78 is 35.0. The summed E-state index contributed by atoms with van der Waals surface area (Å²) in [6.07, 6.45) is 5.35. The Hall–Kier alpha value is -4.27. The third-order valence-electron chi connectivity index (χ3n) is 5.47. The molecule has 0 saturated heterocycles. The Bertz CT molecular complexity index is 1400. The average molecular weight is 472 g/mol. The minimum Gasteiger partial charge on any atom is -0.494 e. The van der Waals surface area contributed by atoms with Crippen molar-refractivity contribution < 1.29 is 13.5 Å². The van der Waals surface area contributed by atoms with Gasteiger partial charge in [0.15, 0.2) is 17.5 Å². The highest BCUT2D eigenvalue weighted by atomic mass is 19.2. The number of aromatic nitrogens is 6. The van der Waals surface area contributed by atoms with E-state index in [0.717, 1.165) is 35.9 Å². The molecule has 1 aromatic heterocycles. The van der Waals surface area contributed by atoms with Crippen molar-refractivity contribution in [1.29, 1.82) is 0 Å². The minimum absolute atomic E-state index is 0.00904. The Morgan fingerprint density at radius 1 is 0.886 bits per heavy atom. The van der Waals surface area contributed by atoms with Crippen LogP contribution in [0, 0.1) is 11.6 Å². The SMILES string of the molecule is CCCCOc1ccc(-c2ccc(Cn3cc4nc(-c5cccc(F)c5F)nc-4cn3)nn2)cc1. The van der Waals surface area contributed by atoms with E-state index in [-0.39, 0.29) is 11.4 Å². The predicted molar refractivity (Wildman–Crippen MR) is 127 cm³/mol. The first-order valence-corrected chi connectivity index (χ1v) is 11.3. The van der Waals surface area contributed by atoms with Gasteiger partial charge in [0.1, 0.15) is 17.1 Å². The van der Waals surface area contributed by atoms with E-state index in [9.17, 15) is 8.78 Å². The molecule has 0 spiro atoms. The first kappa shape index (κ1) is 22.5. The molecule has 2 aliphatic heterocycles. The fourth-order valence-electron chi connectivity index (χ4n) is 3.56. The molecule has 0 saturated carbocycles. The molecule has 0 atom stereocenters. The lowest BCUT2D eigenvalue weighted by Gasteiger charge is -2.08. The highest BCUT2D eigenvalue weighted by Gasteiger charge is 2.18. The summed E-state index contributed by atoms with van der Waals surface area (Å²) >= 11 is 0. The molecule has 0 N–H and O–H groups in total. The van der Waals surface area contributed by atoms with Crippen LogP contribution in [0.2, 0.25) is 0 Å². The third-order valence-corrected chi connectivity index (χ3v) is 5.47. The molecule has 0 amide bonds. The lowest BCUT2D eigenvalue weighted by molar-refractivity contribution is 0.309. The number of halogens is 2. The number of ether oxygens (including phenoxy) is 1. The van der Waals surface area contributed by atoms with E-state index >= 15 is 0 Å². The van der Waals surface area contributed by atoms with Gasteiger partial charge in [0, 0.05) is 5.56 Å². The van der Waals surface area contributed by atoms with Crippen LogP contribution in [0.4, 0.5) is 8.78 Å². The second kappa shape index (κ2) is 9.92. The molecule has 0 bridgehead atoms. The van der Waals surface area contributed by atoms with Gasteiger partial charge in [-0.25, -0.2) is 18.7 Å². The molecule has 5 rings (SSSR count). The normalized spacial score (nSPS) is 11.2. The van der Waals surface area contributed by atoms with Crippen LogP contribution in [-0.2, 0) is 6.54 Å². The van der Waals surface area contributed by atoms with Crippen molar-refractivity contribution in [2.24, 2.45) is 0 Å². The second-order valence-corrected chi connectivity index (χ2v) is 8.03. The molecule has 3 aromatic rings. The summed E-state index contributed by atoms with van der Waals surface area (Å²) in [6, 6.07) is 15.5. The van der Waals surface area contributed by atoms with Crippen LogP contribution in [0.25, 0.3) is 34.0 Å². The Kier molecular flexibility index (Phi) is 6.38. The minimum atomic E-state index is -0.974. The molecule has 3 heterocycles. The third kappa shape index (κ3) is 4.98. The molecule has 7 nitrogen and oxygen atoms in total. The molecular weight excluding hydrogens is 450 g/mol. The number of nitrogens with zero attached hydrogens (tertiary/aromatic N) is 6. The number of imidazole rings is 1. The van der Waals surface area contributed by atoms with E-state index in [1.807, 2.05) is 36.4 Å². The summed E-state index contributed by atoms with van der Waals surface area (Å²) in [5, 5.41) is 13.0. The Balaban J connectivity index is 1.29. The van der Waals surface area contributed by atoms with Gasteiger partial charge in [-0.05, 0) is 55.0 Å². The lowest BCUT2D eigenvalue weighted by atomic mass is 10.1. The zero-order valence-electron chi connectivity index (χ0n) is 19.0. The number of unbranched alkanes of at least 4 members (excludes halogenated alkanes) is 1. The van der Waals surface area contributed by atoms with Crippen LogP contribution in [0.5, 0.6) is 5.75 Å². The second-order valence-electron chi connectivity index (χ2n) is 8.03. The summed E-state index contributed by atoms with van der Waals surface area (Å²) in [5.74, 6) is -0.966. The van der Waals surface area contributed by atoms with Crippen molar-refractivity contribution in [3.05, 3.63) is 84.3 Å². The van der Waals surface area contributed by atoms with Gasteiger partial charge in [-0.15, -0.1) is 0 Å². The molecule has 0 radical (unpaired) electrons. The lowest BCUT2D eigenvalue weighted by Crippen LogP contribution is -2.07. The maximum absolute atomic E-state index is 14.1. The van der Waals surface area contributed by atoms with E-state index in [4.69, 9.17) is 4.74 Å². The fourth-order valence-corrected chi connectivity index (χ4v) is 3.56. The fraction of sp³-hybridized carbons (Fsp3) is 0.192. The van der Waals surface area contributed by atoms with Gasteiger partial charge in [-0.2, -0.15) is 15.3 Å². The Morgan fingerprint density at radius 2 is 1.71 bits per heavy atom. The molecule has 0 fully saturated rings. The quantitative estimate of drug-likeness (QED) is 0.281. The first-order valence-electron chi connectivity index (χ1n) is 11.3. The van der Waals surface area contributed by atoms with E-state index in [2.05, 4.69) is 32.2 Å². The van der Waals surface area contributed by atoms with Gasteiger partial charge >= 0.3 is 0 Å². The molecule has 0 unspecified atom stereocenters. The van der Waals surface area contributed by atoms with Crippen molar-refractivity contribution in [2.75, 3.05) is 6.61 Å². The highest BCUT2D eigenvalue weighted by molar-refractivity contribution is 5.65. The summed E-state index contributed by atoms with van der Waals surface area (Å²) in [7, 11) is 0. The molecule has 2 aromatic carbocycles.